The van der Waals surface area contributed by atoms with Crippen LogP contribution in [0.1, 0.15) is 18.4 Å². The van der Waals surface area contributed by atoms with E-state index in [4.69, 9.17) is 0 Å². The molecule has 1 saturated heterocycles. The molecule has 0 amide bonds. The second-order valence-corrected chi connectivity index (χ2v) is 5.43. The van der Waals surface area contributed by atoms with E-state index in [1.54, 1.807) is 6.07 Å². The van der Waals surface area contributed by atoms with E-state index in [1.165, 1.54) is 10.6 Å². The van der Waals surface area contributed by atoms with Gasteiger partial charge in [-0.2, -0.15) is 13.2 Å². The minimum atomic E-state index is -4.47. The van der Waals surface area contributed by atoms with Crippen molar-refractivity contribution in [2.24, 2.45) is 5.92 Å². The lowest BCUT2D eigenvalue weighted by molar-refractivity contribution is -0.136. The Bertz CT molecular complexity index is 696. The number of aromatic amines is 1. The Labute approximate surface area is 119 Å². The van der Waals surface area contributed by atoms with Gasteiger partial charge in [0.1, 0.15) is 0 Å². The molecule has 7 heteroatoms. The summed E-state index contributed by atoms with van der Waals surface area (Å²) in [5.41, 5.74) is -1.06. The highest BCUT2D eigenvalue weighted by Crippen LogP contribution is 2.33. The average molecular weight is 299 g/mol. The fourth-order valence-corrected chi connectivity index (χ4v) is 2.92. The first-order valence-electron chi connectivity index (χ1n) is 6.96. The van der Waals surface area contributed by atoms with Crippen molar-refractivity contribution in [3.8, 4) is 0 Å². The maximum absolute atomic E-state index is 13.0. The zero-order valence-electron chi connectivity index (χ0n) is 11.3. The number of hydrogen-bond acceptors (Lipinski definition) is 2. The normalized spacial score (nSPS) is 17.5. The van der Waals surface area contributed by atoms with Crippen LogP contribution in [0.15, 0.2) is 23.0 Å². The van der Waals surface area contributed by atoms with Gasteiger partial charge < -0.3 is 10.3 Å². The zero-order valence-corrected chi connectivity index (χ0v) is 11.3. The van der Waals surface area contributed by atoms with Crippen LogP contribution in [0, 0.1) is 5.92 Å². The third kappa shape index (κ3) is 2.70. The molecular formula is C14H16F3N3O. The van der Waals surface area contributed by atoms with Gasteiger partial charge in [-0.05, 0) is 44.0 Å². The molecule has 4 nitrogen and oxygen atoms in total. The largest absolute Gasteiger partial charge is 0.418 e. The van der Waals surface area contributed by atoms with E-state index in [1.807, 2.05) is 0 Å². The molecule has 0 saturated carbocycles. The minimum Gasteiger partial charge on any atom is -0.317 e. The van der Waals surface area contributed by atoms with Gasteiger partial charge in [0, 0.05) is 6.54 Å². The molecule has 2 heterocycles. The number of imidazole rings is 1. The molecule has 3 rings (SSSR count). The average Bonchev–Trinajstić information content (AvgIpc) is 2.75. The Morgan fingerprint density at radius 1 is 1.24 bits per heavy atom. The molecule has 0 spiro atoms. The monoisotopic (exact) mass is 299 g/mol. The molecule has 0 bridgehead atoms. The number of fused-ring (bicyclic) bond motifs is 1. The molecule has 114 valence electrons. The Balaban J connectivity index is 2.03. The number of benzene rings is 1. The zero-order chi connectivity index (χ0) is 15.0. The second kappa shape index (κ2) is 5.22. The summed E-state index contributed by atoms with van der Waals surface area (Å²) in [5.74, 6) is 0.317. The summed E-state index contributed by atoms with van der Waals surface area (Å²) in [6.45, 7) is 2.23. The van der Waals surface area contributed by atoms with Crippen molar-refractivity contribution in [1.82, 2.24) is 14.9 Å². The van der Waals surface area contributed by atoms with Gasteiger partial charge in [0.05, 0.1) is 16.6 Å². The lowest BCUT2D eigenvalue weighted by atomic mass is 9.98. The van der Waals surface area contributed by atoms with E-state index in [0.717, 1.165) is 32.0 Å². The summed E-state index contributed by atoms with van der Waals surface area (Å²) in [4.78, 5) is 14.4. The lowest BCUT2D eigenvalue weighted by Gasteiger charge is -2.22. The Kier molecular flexibility index (Phi) is 3.52. The van der Waals surface area contributed by atoms with Gasteiger partial charge in [0.15, 0.2) is 0 Å². The number of aromatic nitrogens is 2. The van der Waals surface area contributed by atoms with Crippen molar-refractivity contribution in [1.29, 1.82) is 0 Å². The summed E-state index contributed by atoms with van der Waals surface area (Å²) in [6, 6.07) is 3.90. The second-order valence-electron chi connectivity index (χ2n) is 5.43. The number of rotatable bonds is 2. The first kappa shape index (κ1) is 14.2. The van der Waals surface area contributed by atoms with Gasteiger partial charge in [-0.25, -0.2) is 4.79 Å². The van der Waals surface area contributed by atoms with Gasteiger partial charge >= 0.3 is 11.9 Å². The van der Waals surface area contributed by atoms with E-state index in [9.17, 15) is 18.0 Å². The maximum atomic E-state index is 13.0. The topological polar surface area (TPSA) is 49.8 Å². The molecule has 0 aliphatic carbocycles. The van der Waals surface area contributed by atoms with Crippen LogP contribution in [0.4, 0.5) is 13.2 Å². The number of piperidine rings is 1. The van der Waals surface area contributed by atoms with Crippen molar-refractivity contribution < 1.29 is 13.2 Å². The molecular weight excluding hydrogens is 283 g/mol. The highest BCUT2D eigenvalue weighted by atomic mass is 19.4. The Hall–Kier alpha value is -1.76. The minimum absolute atomic E-state index is 0.121. The first-order valence-corrected chi connectivity index (χ1v) is 6.96. The van der Waals surface area contributed by atoms with Crippen molar-refractivity contribution >= 4 is 11.0 Å². The van der Waals surface area contributed by atoms with Crippen molar-refractivity contribution in [3.05, 3.63) is 34.2 Å². The SMILES string of the molecule is O=c1[nH]c2c(C(F)(F)F)cccc2n1CC1CCNCC1. The Morgan fingerprint density at radius 2 is 1.95 bits per heavy atom. The molecule has 0 radical (unpaired) electrons. The number of H-pyrrole nitrogens is 1. The van der Waals surface area contributed by atoms with E-state index in [-0.39, 0.29) is 5.52 Å². The number of para-hydroxylation sites is 1. The molecule has 1 aromatic carbocycles. The predicted molar refractivity (Wildman–Crippen MR) is 73.2 cm³/mol. The standard InChI is InChI=1S/C14H16F3N3O/c15-14(16,17)10-2-1-3-11-12(10)19-13(21)20(11)8-9-4-6-18-7-5-9/h1-3,9,18H,4-8H2,(H,19,21). The number of nitrogens with zero attached hydrogens (tertiary/aromatic N) is 1. The highest BCUT2D eigenvalue weighted by Gasteiger charge is 2.33. The van der Waals surface area contributed by atoms with Crippen molar-refractivity contribution in [3.63, 3.8) is 0 Å². The van der Waals surface area contributed by atoms with E-state index >= 15 is 0 Å². The highest BCUT2D eigenvalue weighted by molar-refractivity contribution is 5.79. The van der Waals surface area contributed by atoms with Gasteiger partial charge in [0.2, 0.25) is 0 Å². The third-order valence-electron chi connectivity index (χ3n) is 4.02. The summed E-state index contributed by atoms with van der Waals surface area (Å²) in [6.07, 6.45) is -2.61. The van der Waals surface area contributed by atoms with Gasteiger partial charge in [-0.15, -0.1) is 0 Å². The number of hydrogen-bond donors (Lipinski definition) is 2. The van der Waals surface area contributed by atoms with Crippen LogP contribution >= 0.6 is 0 Å². The molecule has 1 fully saturated rings. The smallest absolute Gasteiger partial charge is 0.317 e. The molecule has 0 unspecified atom stereocenters. The van der Waals surface area contributed by atoms with Crippen LogP contribution in [0.3, 0.4) is 0 Å². The molecule has 0 atom stereocenters. The molecule has 1 aliphatic heterocycles. The van der Waals surface area contributed by atoms with Crippen molar-refractivity contribution in [2.45, 2.75) is 25.6 Å². The summed E-state index contributed by atoms with van der Waals surface area (Å²) in [7, 11) is 0. The Morgan fingerprint density at radius 3 is 2.62 bits per heavy atom. The molecule has 21 heavy (non-hydrogen) atoms. The van der Waals surface area contributed by atoms with Crippen molar-refractivity contribution in [2.75, 3.05) is 13.1 Å². The fraction of sp³-hybridized carbons (Fsp3) is 0.500. The van der Waals surface area contributed by atoms with Gasteiger partial charge in [0.25, 0.3) is 0 Å². The van der Waals surface area contributed by atoms with Crippen LogP contribution in [0.5, 0.6) is 0 Å². The quantitative estimate of drug-likeness (QED) is 0.894. The lowest BCUT2D eigenvalue weighted by Crippen LogP contribution is -2.31. The van der Waals surface area contributed by atoms with E-state index in [0.29, 0.717) is 18.0 Å². The first-order chi connectivity index (χ1) is 9.97. The number of alkyl halides is 3. The van der Waals surface area contributed by atoms with Crippen LogP contribution in [0.25, 0.3) is 11.0 Å². The fourth-order valence-electron chi connectivity index (χ4n) is 2.92. The summed E-state index contributed by atoms with van der Waals surface area (Å²) in [5, 5.41) is 3.23. The van der Waals surface area contributed by atoms with E-state index < -0.39 is 17.4 Å². The predicted octanol–water partition coefficient (Wildman–Crippen LogP) is 2.35. The van der Waals surface area contributed by atoms with Crippen LogP contribution < -0.4 is 11.0 Å². The van der Waals surface area contributed by atoms with Crippen LogP contribution in [-0.2, 0) is 12.7 Å². The van der Waals surface area contributed by atoms with Crippen LogP contribution in [-0.4, -0.2) is 22.6 Å². The van der Waals surface area contributed by atoms with Gasteiger partial charge in [-0.3, -0.25) is 4.57 Å². The number of nitrogens with one attached hydrogen (secondary N) is 2. The third-order valence-corrected chi connectivity index (χ3v) is 4.02. The maximum Gasteiger partial charge on any atom is 0.418 e. The molecule has 2 aromatic rings. The van der Waals surface area contributed by atoms with Gasteiger partial charge in [-0.1, -0.05) is 6.07 Å². The number of halogens is 3. The molecule has 1 aromatic heterocycles. The molecule has 2 N–H and O–H groups in total. The van der Waals surface area contributed by atoms with E-state index in [2.05, 4.69) is 10.3 Å². The summed E-state index contributed by atoms with van der Waals surface area (Å²) < 4.78 is 40.4. The van der Waals surface area contributed by atoms with Crippen LogP contribution in [0.2, 0.25) is 0 Å². The summed E-state index contributed by atoms with van der Waals surface area (Å²) >= 11 is 0. The molecule has 1 aliphatic rings.